The lowest BCUT2D eigenvalue weighted by molar-refractivity contribution is 0.591. The molecule has 3 rings (SSSR count). The molecule has 0 unspecified atom stereocenters. The van der Waals surface area contributed by atoms with Crippen LogP contribution in [0.15, 0.2) is 30.3 Å². The van der Waals surface area contributed by atoms with Gasteiger partial charge >= 0.3 is 0 Å². The van der Waals surface area contributed by atoms with Gasteiger partial charge in [0.05, 0.1) is 5.69 Å². The Kier molecular flexibility index (Phi) is 3.65. The Hall–Kier alpha value is -1.19. The first-order valence-electron chi connectivity index (χ1n) is 7.37. The minimum atomic E-state index is 0.215. The van der Waals surface area contributed by atoms with Crippen molar-refractivity contribution in [1.29, 1.82) is 0 Å². The molecule has 0 atom stereocenters. The monoisotopic (exact) mass is 286 g/mol. The molecule has 1 aliphatic rings. The van der Waals surface area contributed by atoms with E-state index < -0.39 is 0 Å². The second kappa shape index (κ2) is 5.30. The minimum Gasteiger partial charge on any atom is -0.310 e. The van der Waals surface area contributed by atoms with Crippen LogP contribution in [0.5, 0.6) is 0 Å². The van der Waals surface area contributed by atoms with Gasteiger partial charge < -0.3 is 5.32 Å². The summed E-state index contributed by atoms with van der Waals surface area (Å²) in [5.74, 6) is 0. The Morgan fingerprint density at radius 3 is 2.55 bits per heavy atom. The fourth-order valence-corrected chi connectivity index (χ4v) is 3.88. The summed E-state index contributed by atoms with van der Waals surface area (Å²) in [4.78, 5) is 6.26. The van der Waals surface area contributed by atoms with E-state index in [2.05, 4.69) is 56.4 Å². The maximum absolute atomic E-state index is 4.88. The second-order valence-electron chi connectivity index (χ2n) is 6.01. The summed E-state index contributed by atoms with van der Waals surface area (Å²) in [5, 5.41) is 4.81. The largest absolute Gasteiger partial charge is 0.310 e. The van der Waals surface area contributed by atoms with Crippen molar-refractivity contribution in [3.63, 3.8) is 0 Å². The third-order valence-electron chi connectivity index (χ3n) is 4.05. The first kappa shape index (κ1) is 13.8. The van der Waals surface area contributed by atoms with E-state index in [4.69, 9.17) is 4.98 Å². The Morgan fingerprint density at radius 2 is 1.95 bits per heavy atom. The summed E-state index contributed by atoms with van der Waals surface area (Å²) in [6.07, 6.45) is 2.47. The Balaban J connectivity index is 1.86. The Labute approximate surface area is 125 Å². The van der Waals surface area contributed by atoms with Crippen molar-refractivity contribution in [2.45, 2.75) is 51.6 Å². The molecule has 1 N–H and O–H groups in total. The average Bonchev–Trinajstić information content (AvgIpc) is 3.17. The van der Waals surface area contributed by atoms with Crippen molar-refractivity contribution in [1.82, 2.24) is 10.3 Å². The highest BCUT2D eigenvalue weighted by Gasteiger charge is 2.48. The molecule has 1 heterocycles. The van der Waals surface area contributed by atoms with Crippen molar-refractivity contribution < 1.29 is 0 Å². The van der Waals surface area contributed by atoms with Gasteiger partial charge in [0.25, 0.3) is 0 Å². The van der Waals surface area contributed by atoms with Crippen LogP contribution in [0.25, 0.3) is 0 Å². The standard InChI is InChI=1S/C17H22N2S/c1-12(2)18-11-15-13(3)19-16(20-15)17(9-10-17)14-7-5-4-6-8-14/h4-8,12,18H,9-11H2,1-3H3. The average molecular weight is 286 g/mol. The van der Waals surface area contributed by atoms with Crippen LogP contribution in [0.1, 0.15) is 47.8 Å². The molecule has 0 bridgehead atoms. The quantitative estimate of drug-likeness (QED) is 0.897. The van der Waals surface area contributed by atoms with Crippen LogP contribution in [0.2, 0.25) is 0 Å². The molecule has 20 heavy (non-hydrogen) atoms. The lowest BCUT2D eigenvalue weighted by Gasteiger charge is -2.12. The van der Waals surface area contributed by atoms with Gasteiger partial charge in [-0.1, -0.05) is 44.2 Å². The second-order valence-corrected chi connectivity index (χ2v) is 7.09. The molecule has 2 aromatic rings. The highest BCUT2D eigenvalue weighted by Crippen LogP contribution is 2.54. The number of rotatable bonds is 5. The number of benzene rings is 1. The van der Waals surface area contributed by atoms with Crippen LogP contribution in [-0.4, -0.2) is 11.0 Å². The molecule has 0 aliphatic heterocycles. The van der Waals surface area contributed by atoms with Gasteiger partial charge in [-0.25, -0.2) is 4.98 Å². The van der Waals surface area contributed by atoms with Crippen LogP contribution in [0.3, 0.4) is 0 Å². The zero-order valence-electron chi connectivity index (χ0n) is 12.4. The normalized spacial score (nSPS) is 16.6. The lowest BCUT2D eigenvalue weighted by Crippen LogP contribution is -2.21. The van der Waals surface area contributed by atoms with Crippen molar-refractivity contribution in [3.8, 4) is 0 Å². The van der Waals surface area contributed by atoms with Gasteiger partial charge in [0, 0.05) is 22.9 Å². The first-order chi connectivity index (χ1) is 9.62. The molecule has 1 saturated carbocycles. The fraction of sp³-hybridized carbons (Fsp3) is 0.471. The summed E-state index contributed by atoms with van der Waals surface area (Å²) in [6, 6.07) is 11.4. The molecule has 2 nitrogen and oxygen atoms in total. The number of hydrogen-bond donors (Lipinski definition) is 1. The van der Waals surface area contributed by atoms with Gasteiger partial charge in [-0.2, -0.15) is 0 Å². The van der Waals surface area contributed by atoms with E-state index in [1.54, 1.807) is 0 Å². The fourth-order valence-electron chi connectivity index (χ4n) is 2.60. The zero-order chi connectivity index (χ0) is 14.2. The molecule has 1 fully saturated rings. The summed E-state index contributed by atoms with van der Waals surface area (Å²) >= 11 is 1.89. The molecule has 0 radical (unpaired) electrons. The summed E-state index contributed by atoms with van der Waals surface area (Å²) in [7, 11) is 0. The van der Waals surface area contributed by atoms with E-state index in [-0.39, 0.29) is 5.41 Å². The third kappa shape index (κ3) is 2.52. The number of aryl methyl sites for hydroxylation is 1. The molecular formula is C17H22N2S. The van der Waals surface area contributed by atoms with Crippen LogP contribution >= 0.6 is 11.3 Å². The molecule has 0 saturated heterocycles. The molecule has 0 amide bonds. The van der Waals surface area contributed by atoms with Crippen LogP contribution < -0.4 is 5.32 Å². The molecular weight excluding hydrogens is 264 g/mol. The van der Waals surface area contributed by atoms with Gasteiger partial charge in [0.1, 0.15) is 5.01 Å². The van der Waals surface area contributed by atoms with Gasteiger partial charge in [-0.15, -0.1) is 11.3 Å². The van der Waals surface area contributed by atoms with E-state index in [0.717, 1.165) is 6.54 Å². The smallest absolute Gasteiger partial charge is 0.104 e. The van der Waals surface area contributed by atoms with E-state index in [0.29, 0.717) is 6.04 Å². The zero-order valence-corrected chi connectivity index (χ0v) is 13.3. The maximum atomic E-state index is 4.88. The predicted octanol–water partition coefficient (Wildman–Crippen LogP) is 4.03. The van der Waals surface area contributed by atoms with Gasteiger partial charge in [0.2, 0.25) is 0 Å². The van der Waals surface area contributed by atoms with Gasteiger partial charge in [-0.3, -0.25) is 0 Å². The number of hydrogen-bond acceptors (Lipinski definition) is 3. The van der Waals surface area contributed by atoms with E-state index in [1.807, 2.05) is 11.3 Å². The SMILES string of the molecule is Cc1nc(C2(c3ccccc3)CC2)sc1CNC(C)C. The van der Waals surface area contributed by atoms with E-state index in [1.165, 1.54) is 34.0 Å². The lowest BCUT2D eigenvalue weighted by atomic mass is 9.97. The highest BCUT2D eigenvalue weighted by atomic mass is 32.1. The number of nitrogens with zero attached hydrogens (tertiary/aromatic N) is 1. The van der Waals surface area contributed by atoms with Crippen LogP contribution in [0.4, 0.5) is 0 Å². The predicted molar refractivity (Wildman–Crippen MR) is 85.3 cm³/mol. The topological polar surface area (TPSA) is 24.9 Å². The molecule has 3 heteroatoms. The Bertz CT molecular complexity index is 582. The number of thiazole rings is 1. The first-order valence-corrected chi connectivity index (χ1v) is 8.19. The van der Waals surface area contributed by atoms with Crippen molar-refractivity contribution in [2.75, 3.05) is 0 Å². The summed E-state index contributed by atoms with van der Waals surface area (Å²) < 4.78 is 0. The molecule has 1 aliphatic carbocycles. The Morgan fingerprint density at radius 1 is 1.25 bits per heavy atom. The number of nitrogens with one attached hydrogen (secondary N) is 1. The van der Waals surface area contributed by atoms with Gasteiger partial charge in [-0.05, 0) is 25.3 Å². The minimum absolute atomic E-state index is 0.215. The molecule has 0 spiro atoms. The maximum Gasteiger partial charge on any atom is 0.104 e. The van der Waals surface area contributed by atoms with Crippen molar-refractivity contribution >= 4 is 11.3 Å². The van der Waals surface area contributed by atoms with E-state index in [9.17, 15) is 0 Å². The van der Waals surface area contributed by atoms with Crippen molar-refractivity contribution in [3.05, 3.63) is 51.5 Å². The summed E-state index contributed by atoms with van der Waals surface area (Å²) in [5.41, 5.74) is 2.84. The van der Waals surface area contributed by atoms with Crippen molar-refractivity contribution in [2.24, 2.45) is 0 Å². The number of aromatic nitrogens is 1. The molecule has 1 aromatic heterocycles. The molecule has 1 aromatic carbocycles. The highest BCUT2D eigenvalue weighted by molar-refractivity contribution is 7.12. The molecule has 106 valence electrons. The van der Waals surface area contributed by atoms with Gasteiger partial charge in [0.15, 0.2) is 0 Å². The summed E-state index contributed by atoms with van der Waals surface area (Å²) in [6.45, 7) is 7.44. The van der Waals surface area contributed by atoms with Crippen LogP contribution in [-0.2, 0) is 12.0 Å². The van der Waals surface area contributed by atoms with Crippen LogP contribution in [0, 0.1) is 6.92 Å². The van der Waals surface area contributed by atoms with E-state index >= 15 is 0 Å². The third-order valence-corrected chi connectivity index (χ3v) is 5.41.